The first-order chi connectivity index (χ1) is 15.1. The third kappa shape index (κ3) is 6.37. The smallest absolute Gasteiger partial charge is 0.243 e. The Bertz CT molecular complexity index is 1150. The van der Waals surface area contributed by atoms with Crippen LogP contribution in [-0.2, 0) is 21.2 Å². The normalized spacial score (nSPS) is 12.2. The van der Waals surface area contributed by atoms with Gasteiger partial charge in [0, 0.05) is 19.5 Å². The Morgan fingerprint density at radius 2 is 1.69 bits per heavy atom. The second-order valence-electron chi connectivity index (χ2n) is 8.79. The number of carbonyl (C=O) groups excluding carboxylic acids is 1. The summed E-state index contributed by atoms with van der Waals surface area (Å²) in [6.07, 6.45) is 1.01. The number of amides is 1. The summed E-state index contributed by atoms with van der Waals surface area (Å²) in [5.74, 6) is 0.350. The first-order valence-corrected chi connectivity index (χ1v) is 13.2. The van der Waals surface area contributed by atoms with Gasteiger partial charge in [0.15, 0.2) is 5.13 Å². The highest BCUT2D eigenvalue weighted by molar-refractivity contribution is 7.89. The number of sulfonamides is 1. The SMILES string of the molecule is CC(C)CN(CC(C)C)S(=O)(=O)c1ccc2nc(NC(=O)CCc3ccccc3)sc2c1. The molecule has 0 atom stereocenters. The molecule has 8 heteroatoms. The van der Waals surface area contributed by atoms with Crippen LogP contribution in [0.4, 0.5) is 5.13 Å². The van der Waals surface area contributed by atoms with Crippen LogP contribution in [0.3, 0.4) is 0 Å². The van der Waals surface area contributed by atoms with E-state index in [9.17, 15) is 13.2 Å². The summed E-state index contributed by atoms with van der Waals surface area (Å²) in [4.78, 5) is 17.0. The second-order valence-corrected chi connectivity index (χ2v) is 11.8. The van der Waals surface area contributed by atoms with E-state index in [1.807, 2.05) is 58.0 Å². The molecule has 1 amide bonds. The van der Waals surface area contributed by atoms with Crippen molar-refractivity contribution in [2.45, 2.75) is 45.4 Å². The minimum Gasteiger partial charge on any atom is -0.302 e. The van der Waals surface area contributed by atoms with Gasteiger partial charge < -0.3 is 5.32 Å². The van der Waals surface area contributed by atoms with Crippen molar-refractivity contribution in [2.24, 2.45) is 11.8 Å². The zero-order valence-electron chi connectivity index (χ0n) is 19.0. The van der Waals surface area contributed by atoms with Crippen molar-refractivity contribution in [3.63, 3.8) is 0 Å². The van der Waals surface area contributed by atoms with E-state index in [0.29, 0.717) is 36.6 Å². The summed E-state index contributed by atoms with van der Waals surface area (Å²) in [7, 11) is -3.61. The number of nitrogens with zero attached hydrogens (tertiary/aromatic N) is 2. The van der Waals surface area contributed by atoms with Crippen LogP contribution >= 0.6 is 11.3 Å². The van der Waals surface area contributed by atoms with Crippen LogP contribution in [0.2, 0.25) is 0 Å². The molecular weight excluding hydrogens is 442 g/mol. The van der Waals surface area contributed by atoms with Crippen molar-refractivity contribution in [2.75, 3.05) is 18.4 Å². The minimum absolute atomic E-state index is 0.110. The minimum atomic E-state index is -3.61. The van der Waals surface area contributed by atoms with Crippen molar-refractivity contribution in [3.8, 4) is 0 Å². The fraction of sp³-hybridized carbons (Fsp3) is 0.417. The van der Waals surface area contributed by atoms with Crippen molar-refractivity contribution < 1.29 is 13.2 Å². The molecule has 32 heavy (non-hydrogen) atoms. The molecule has 1 heterocycles. The Morgan fingerprint density at radius 3 is 2.31 bits per heavy atom. The molecule has 0 aliphatic heterocycles. The molecule has 0 aliphatic carbocycles. The maximum atomic E-state index is 13.3. The average molecular weight is 474 g/mol. The summed E-state index contributed by atoms with van der Waals surface area (Å²) >= 11 is 1.29. The van der Waals surface area contributed by atoms with Gasteiger partial charge in [0.1, 0.15) is 0 Å². The molecular formula is C24H31N3O3S2. The topological polar surface area (TPSA) is 79.4 Å². The zero-order chi connectivity index (χ0) is 23.3. The van der Waals surface area contributed by atoms with Gasteiger partial charge in [-0.1, -0.05) is 69.4 Å². The molecule has 0 spiro atoms. The number of nitrogens with one attached hydrogen (secondary N) is 1. The van der Waals surface area contributed by atoms with Crippen molar-refractivity contribution in [3.05, 3.63) is 54.1 Å². The lowest BCUT2D eigenvalue weighted by atomic mass is 10.1. The van der Waals surface area contributed by atoms with Gasteiger partial charge in [-0.3, -0.25) is 4.79 Å². The lowest BCUT2D eigenvalue weighted by molar-refractivity contribution is -0.116. The highest BCUT2D eigenvalue weighted by Crippen LogP contribution is 2.30. The molecule has 3 aromatic rings. The molecule has 0 unspecified atom stereocenters. The number of hydrogen-bond donors (Lipinski definition) is 1. The van der Waals surface area contributed by atoms with Crippen molar-refractivity contribution >= 4 is 42.6 Å². The molecule has 0 saturated heterocycles. The fourth-order valence-corrected chi connectivity index (χ4v) is 6.23. The summed E-state index contributed by atoms with van der Waals surface area (Å²) in [5.41, 5.74) is 1.78. The molecule has 6 nitrogen and oxygen atoms in total. The third-order valence-corrected chi connectivity index (χ3v) is 7.63. The van der Waals surface area contributed by atoms with Gasteiger partial charge in [0.25, 0.3) is 0 Å². The van der Waals surface area contributed by atoms with Crippen LogP contribution in [0.1, 0.15) is 39.7 Å². The number of carbonyl (C=O) groups is 1. The second kappa shape index (κ2) is 10.6. The van der Waals surface area contributed by atoms with Gasteiger partial charge in [-0.05, 0) is 42.0 Å². The van der Waals surface area contributed by atoms with Gasteiger partial charge in [0.05, 0.1) is 15.1 Å². The van der Waals surface area contributed by atoms with Gasteiger partial charge >= 0.3 is 0 Å². The van der Waals surface area contributed by atoms with E-state index in [1.54, 1.807) is 22.5 Å². The van der Waals surface area contributed by atoms with Crippen LogP contribution in [0.25, 0.3) is 10.2 Å². The van der Waals surface area contributed by atoms with Crippen LogP contribution < -0.4 is 5.32 Å². The maximum absolute atomic E-state index is 13.3. The number of thiazole rings is 1. The Morgan fingerprint density at radius 1 is 1.03 bits per heavy atom. The Balaban J connectivity index is 1.75. The molecule has 0 aliphatic rings. The van der Waals surface area contributed by atoms with E-state index in [2.05, 4.69) is 10.3 Å². The molecule has 0 saturated carbocycles. The zero-order valence-corrected chi connectivity index (χ0v) is 20.7. The summed E-state index contributed by atoms with van der Waals surface area (Å²) in [6, 6.07) is 14.8. The van der Waals surface area contributed by atoms with Gasteiger partial charge in [-0.2, -0.15) is 4.31 Å². The molecule has 0 radical (unpaired) electrons. The van der Waals surface area contributed by atoms with E-state index >= 15 is 0 Å². The van der Waals surface area contributed by atoms with E-state index in [4.69, 9.17) is 0 Å². The largest absolute Gasteiger partial charge is 0.302 e. The summed E-state index contributed by atoms with van der Waals surface area (Å²) in [5, 5.41) is 3.32. The third-order valence-electron chi connectivity index (χ3n) is 4.87. The number of rotatable bonds is 10. The predicted octanol–water partition coefficient (Wildman–Crippen LogP) is 5.17. The van der Waals surface area contributed by atoms with Crippen molar-refractivity contribution in [1.29, 1.82) is 0 Å². The molecule has 3 rings (SSSR count). The summed E-state index contributed by atoms with van der Waals surface area (Å²) in [6.45, 7) is 9.02. The average Bonchev–Trinajstić information content (AvgIpc) is 3.13. The van der Waals surface area contributed by atoms with Gasteiger partial charge in [-0.25, -0.2) is 13.4 Å². The quantitative estimate of drug-likeness (QED) is 0.440. The molecule has 1 aromatic heterocycles. The van der Waals surface area contributed by atoms with E-state index in [0.717, 1.165) is 10.3 Å². The van der Waals surface area contributed by atoms with Crippen molar-refractivity contribution in [1.82, 2.24) is 9.29 Å². The van der Waals surface area contributed by atoms with E-state index in [1.165, 1.54) is 11.3 Å². The highest BCUT2D eigenvalue weighted by atomic mass is 32.2. The molecule has 172 valence electrons. The molecule has 1 N–H and O–H groups in total. The molecule has 2 aromatic carbocycles. The van der Waals surface area contributed by atoms with Crippen LogP contribution in [0.5, 0.6) is 0 Å². The number of anilines is 1. The Hall–Kier alpha value is -2.29. The monoisotopic (exact) mass is 473 g/mol. The number of fused-ring (bicyclic) bond motifs is 1. The van der Waals surface area contributed by atoms with Gasteiger partial charge in [0.2, 0.25) is 15.9 Å². The van der Waals surface area contributed by atoms with Crippen LogP contribution in [-0.4, -0.2) is 36.7 Å². The first-order valence-electron chi connectivity index (χ1n) is 10.9. The first kappa shape index (κ1) is 24.4. The summed E-state index contributed by atoms with van der Waals surface area (Å²) < 4.78 is 28.9. The number of aromatic nitrogens is 1. The van der Waals surface area contributed by atoms with E-state index < -0.39 is 10.0 Å². The number of hydrogen-bond acceptors (Lipinski definition) is 5. The standard InChI is InChI=1S/C24H31N3O3S2/c1-17(2)15-27(16-18(3)4)32(29,30)20-11-12-21-22(14-20)31-24(25-21)26-23(28)13-10-19-8-6-5-7-9-19/h5-9,11-12,14,17-18H,10,13,15-16H2,1-4H3,(H,25,26,28). The van der Waals surface area contributed by atoms with Gasteiger partial charge in [-0.15, -0.1) is 0 Å². The lowest BCUT2D eigenvalue weighted by Crippen LogP contribution is -2.37. The number of benzene rings is 2. The number of aryl methyl sites for hydroxylation is 1. The Kier molecular flexibility index (Phi) is 8.03. The predicted molar refractivity (Wildman–Crippen MR) is 131 cm³/mol. The fourth-order valence-electron chi connectivity index (χ4n) is 3.44. The molecule has 0 bridgehead atoms. The Labute approximate surface area is 194 Å². The highest BCUT2D eigenvalue weighted by Gasteiger charge is 2.26. The lowest BCUT2D eigenvalue weighted by Gasteiger charge is -2.25. The molecule has 0 fully saturated rings. The van der Waals surface area contributed by atoms with E-state index in [-0.39, 0.29) is 22.6 Å². The van der Waals surface area contributed by atoms with Crippen LogP contribution in [0, 0.1) is 11.8 Å². The maximum Gasteiger partial charge on any atom is 0.243 e. The van der Waals surface area contributed by atoms with Crippen LogP contribution in [0.15, 0.2) is 53.4 Å².